The Labute approximate surface area is 124 Å². The van der Waals surface area contributed by atoms with E-state index in [0.29, 0.717) is 0 Å². The van der Waals surface area contributed by atoms with Gasteiger partial charge in [0.1, 0.15) is 0 Å². The van der Waals surface area contributed by atoms with Crippen LogP contribution in [0.3, 0.4) is 0 Å². The van der Waals surface area contributed by atoms with E-state index in [1.807, 2.05) is 44.3 Å². The molecule has 0 saturated heterocycles. The summed E-state index contributed by atoms with van der Waals surface area (Å²) in [6.07, 6.45) is 4.54. The van der Waals surface area contributed by atoms with Gasteiger partial charge in [0.25, 0.3) is 5.91 Å². The van der Waals surface area contributed by atoms with Crippen molar-refractivity contribution in [3.63, 3.8) is 0 Å². The van der Waals surface area contributed by atoms with E-state index in [-0.39, 0.29) is 11.9 Å². The Kier molecular flexibility index (Phi) is 3.60. The molecule has 21 heavy (non-hydrogen) atoms. The standard InChI is InChI=1S/C17H19N3O/c1-12(13-5-8-18-9-6-13)20(2)17(21)15-4-3-14-7-10-19-16(14)11-15/h3-6,8-9,11-12,19H,7,10H2,1-2H3. The summed E-state index contributed by atoms with van der Waals surface area (Å²) in [5.74, 6) is 0.0378. The van der Waals surface area contributed by atoms with Crippen LogP contribution < -0.4 is 5.32 Å². The first-order chi connectivity index (χ1) is 10.2. The molecule has 0 aliphatic carbocycles. The summed E-state index contributed by atoms with van der Waals surface area (Å²) in [4.78, 5) is 18.4. The van der Waals surface area contributed by atoms with Gasteiger partial charge in [-0.25, -0.2) is 0 Å². The minimum Gasteiger partial charge on any atom is -0.384 e. The molecule has 1 aromatic heterocycles. The third kappa shape index (κ3) is 2.61. The highest BCUT2D eigenvalue weighted by atomic mass is 16.2. The Morgan fingerprint density at radius 2 is 2.05 bits per heavy atom. The van der Waals surface area contributed by atoms with Crippen LogP contribution >= 0.6 is 0 Å². The van der Waals surface area contributed by atoms with Crippen LogP contribution in [-0.2, 0) is 6.42 Å². The SMILES string of the molecule is CC(c1ccncc1)N(C)C(=O)c1ccc2c(c1)NCC2. The maximum absolute atomic E-state index is 12.6. The molecule has 108 valence electrons. The van der Waals surface area contributed by atoms with Gasteiger partial charge in [-0.3, -0.25) is 9.78 Å². The molecule has 0 fully saturated rings. The van der Waals surface area contributed by atoms with E-state index in [0.717, 1.165) is 29.8 Å². The van der Waals surface area contributed by atoms with E-state index in [9.17, 15) is 4.79 Å². The highest BCUT2D eigenvalue weighted by Gasteiger charge is 2.20. The highest BCUT2D eigenvalue weighted by molar-refractivity contribution is 5.95. The zero-order valence-electron chi connectivity index (χ0n) is 12.3. The smallest absolute Gasteiger partial charge is 0.254 e. The number of hydrogen-bond acceptors (Lipinski definition) is 3. The van der Waals surface area contributed by atoms with Crippen LogP contribution in [0.2, 0.25) is 0 Å². The number of pyridine rings is 1. The molecule has 1 atom stereocenters. The lowest BCUT2D eigenvalue weighted by Gasteiger charge is -2.25. The number of rotatable bonds is 3. The summed E-state index contributed by atoms with van der Waals surface area (Å²) >= 11 is 0. The zero-order valence-corrected chi connectivity index (χ0v) is 12.3. The van der Waals surface area contributed by atoms with Crippen molar-refractivity contribution >= 4 is 11.6 Å². The van der Waals surface area contributed by atoms with Crippen molar-refractivity contribution in [1.82, 2.24) is 9.88 Å². The van der Waals surface area contributed by atoms with Gasteiger partial charge in [0.05, 0.1) is 6.04 Å². The predicted molar refractivity (Wildman–Crippen MR) is 83.4 cm³/mol. The molecule has 1 N–H and O–H groups in total. The van der Waals surface area contributed by atoms with E-state index >= 15 is 0 Å². The molecule has 3 rings (SSSR count). The predicted octanol–water partition coefficient (Wildman–Crippen LogP) is 2.88. The maximum atomic E-state index is 12.6. The monoisotopic (exact) mass is 281 g/mol. The Balaban J connectivity index is 1.81. The molecule has 0 bridgehead atoms. The highest BCUT2D eigenvalue weighted by Crippen LogP contribution is 2.25. The van der Waals surface area contributed by atoms with Crippen LogP contribution in [-0.4, -0.2) is 29.4 Å². The number of anilines is 1. The van der Waals surface area contributed by atoms with Gasteiger partial charge in [-0.15, -0.1) is 0 Å². The summed E-state index contributed by atoms with van der Waals surface area (Å²) in [6.45, 7) is 2.98. The van der Waals surface area contributed by atoms with Gasteiger partial charge in [0, 0.05) is 37.2 Å². The Morgan fingerprint density at radius 1 is 1.29 bits per heavy atom. The molecule has 2 aromatic rings. The van der Waals surface area contributed by atoms with E-state index in [1.54, 1.807) is 17.3 Å². The van der Waals surface area contributed by atoms with Gasteiger partial charge < -0.3 is 10.2 Å². The van der Waals surface area contributed by atoms with Crippen molar-refractivity contribution in [2.75, 3.05) is 18.9 Å². The number of nitrogens with one attached hydrogen (secondary N) is 1. The first kappa shape index (κ1) is 13.6. The Morgan fingerprint density at radius 3 is 2.81 bits per heavy atom. The van der Waals surface area contributed by atoms with Crippen molar-refractivity contribution in [2.24, 2.45) is 0 Å². The average Bonchev–Trinajstić information content (AvgIpc) is 3.01. The van der Waals surface area contributed by atoms with Gasteiger partial charge in [-0.2, -0.15) is 0 Å². The molecular weight excluding hydrogens is 262 g/mol. The number of benzene rings is 1. The van der Waals surface area contributed by atoms with E-state index in [1.165, 1.54) is 5.56 Å². The van der Waals surface area contributed by atoms with Gasteiger partial charge in [-0.05, 0) is 48.7 Å². The van der Waals surface area contributed by atoms with Crippen molar-refractivity contribution in [1.29, 1.82) is 0 Å². The largest absolute Gasteiger partial charge is 0.384 e. The van der Waals surface area contributed by atoms with Crippen LogP contribution in [0.1, 0.15) is 34.5 Å². The lowest BCUT2D eigenvalue weighted by molar-refractivity contribution is 0.0742. The molecule has 1 unspecified atom stereocenters. The first-order valence-electron chi connectivity index (χ1n) is 7.20. The molecule has 4 nitrogen and oxygen atoms in total. The third-order valence-electron chi connectivity index (χ3n) is 4.16. The van der Waals surface area contributed by atoms with Crippen molar-refractivity contribution in [3.8, 4) is 0 Å². The number of fused-ring (bicyclic) bond motifs is 1. The van der Waals surface area contributed by atoms with Gasteiger partial charge in [0.2, 0.25) is 0 Å². The summed E-state index contributed by atoms with van der Waals surface area (Å²) in [5, 5.41) is 3.32. The van der Waals surface area contributed by atoms with Crippen LogP contribution in [0.5, 0.6) is 0 Å². The van der Waals surface area contributed by atoms with Gasteiger partial charge in [0.15, 0.2) is 0 Å². The van der Waals surface area contributed by atoms with Gasteiger partial charge >= 0.3 is 0 Å². The van der Waals surface area contributed by atoms with E-state index in [4.69, 9.17) is 0 Å². The molecular formula is C17H19N3O. The molecule has 2 heterocycles. The van der Waals surface area contributed by atoms with Crippen molar-refractivity contribution < 1.29 is 4.79 Å². The zero-order chi connectivity index (χ0) is 14.8. The van der Waals surface area contributed by atoms with Gasteiger partial charge in [-0.1, -0.05) is 6.07 Å². The number of aromatic nitrogens is 1. The minimum atomic E-state index is 0.0155. The number of carbonyl (C=O) groups is 1. The fourth-order valence-corrected chi connectivity index (χ4v) is 2.67. The molecule has 0 saturated carbocycles. The normalized spacial score (nSPS) is 14.2. The fourth-order valence-electron chi connectivity index (χ4n) is 2.67. The molecule has 1 aromatic carbocycles. The molecule has 1 amide bonds. The molecule has 4 heteroatoms. The van der Waals surface area contributed by atoms with Crippen molar-refractivity contribution in [2.45, 2.75) is 19.4 Å². The number of carbonyl (C=O) groups excluding carboxylic acids is 1. The number of hydrogen-bond donors (Lipinski definition) is 1. The minimum absolute atomic E-state index is 0.0155. The second-order valence-electron chi connectivity index (χ2n) is 5.42. The quantitative estimate of drug-likeness (QED) is 0.941. The molecule has 0 spiro atoms. The maximum Gasteiger partial charge on any atom is 0.254 e. The molecule has 1 aliphatic heterocycles. The van der Waals surface area contributed by atoms with Crippen molar-refractivity contribution in [3.05, 3.63) is 59.4 Å². The topological polar surface area (TPSA) is 45.2 Å². The fraction of sp³-hybridized carbons (Fsp3) is 0.294. The first-order valence-corrected chi connectivity index (χ1v) is 7.20. The van der Waals surface area contributed by atoms with Crippen LogP contribution in [0.4, 0.5) is 5.69 Å². The summed E-state index contributed by atoms with van der Waals surface area (Å²) < 4.78 is 0. The van der Waals surface area contributed by atoms with E-state index in [2.05, 4.69) is 10.3 Å². The lowest BCUT2D eigenvalue weighted by Crippen LogP contribution is -2.29. The number of amides is 1. The second kappa shape index (κ2) is 5.56. The third-order valence-corrected chi connectivity index (χ3v) is 4.16. The molecule has 0 radical (unpaired) electrons. The average molecular weight is 281 g/mol. The van der Waals surface area contributed by atoms with Crippen LogP contribution in [0.25, 0.3) is 0 Å². The summed E-state index contributed by atoms with van der Waals surface area (Å²) in [6, 6.07) is 9.83. The molecule has 1 aliphatic rings. The summed E-state index contributed by atoms with van der Waals surface area (Å²) in [7, 11) is 1.84. The lowest BCUT2D eigenvalue weighted by atomic mass is 10.1. The number of nitrogens with zero attached hydrogens (tertiary/aromatic N) is 2. The summed E-state index contributed by atoms with van der Waals surface area (Å²) in [5.41, 5.74) is 4.19. The Bertz CT molecular complexity index is 654. The van der Waals surface area contributed by atoms with E-state index < -0.39 is 0 Å². The second-order valence-corrected chi connectivity index (χ2v) is 5.42. The Hall–Kier alpha value is -2.36. The van der Waals surface area contributed by atoms with Crippen LogP contribution in [0.15, 0.2) is 42.7 Å². The van der Waals surface area contributed by atoms with Crippen LogP contribution in [0, 0.1) is 0 Å².